The van der Waals surface area contributed by atoms with Gasteiger partial charge >= 0.3 is 0 Å². The molecule has 1 rings (SSSR count). The number of primary sulfonamides is 1. The molecule has 6 nitrogen and oxygen atoms in total. The summed E-state index contributed by atoms with van der Waals surface area (Å²) in [6.45, 7) is 5.55. The Balaban J connectivity index is 3.01. The maximum atomic E-state index is 11.8. The first-order valence-corrected chi connectivity index (χ1v) is 7.58. The molecule has 0 spiro atoms. The van der Waals surface area contributed by atoms with E-state index in [2.05, 4.69) is 5.32 Å². The predicted octanol–water partition coefficient (Wildman–Crippen LogP) is 1.00. The maximum Gasteiger partial charge on any atom is 0.238 e. The smallest absolute Gasteiger partial charge is 0.238 e. The van der Waals surface area contributed by atoms with Gasteiger partial charge in [-0.15, -0.1) is 0 Å². The third-order valence-corrected chi connectivity index (χ3v) is 3.61. The van der Waals surface area contributed by atoms with Crippen molar-refractivity contribution in [1.82, 2.24) is 5.32 Å². The van der Waals surface area contributed by atoms with E-state index in [4.69, 9.17) is 9.88 Å². The fourth-order valence-electron chi connectivity index (χ4n) is 1.51. The van der Waals surface area contributed by atoms with Crippen LogP contribution < -0.4 is 15.2 Å². The summed E-state index contributed by atoms with van der Waals surface area (Å²) in [5.41, 5.74) is 0.0294. The van der Waals surface area contributed by atoms with Gasteiger partial charge in [0.2, 0.25) is 15.9 Å². The highest BCUT2D eigenvalue weighted by atomic mass is 32.2. The molecule has 20 heavy (non-hydrogen) atoms. The molecule has 7 heteroatoms. The quantitative estimate of drug-likeness (QED) is 0.866. The number of amides is 1. The van der Waals surface area contributed by atoms with Gasteiger partial charge in [0.15, 0.2) is 0 Å². The van der Waals surface area contributed by atoms with E-state index < -0.39 is 15.4 Å². The van der Waals surface area contributed by atoms with Crippen LogP contribution in [0.5, 0.6) is 5.75 Å². The van der Waals surface area contributed by atoms with Crippen LogP contribution in [0.3, 0.4) is 0 Å². The van der Waals surface area contributed by atoms with E-state index in [0.29, 0.717) is 11.3 Å². The van der Waals surface area contributed by atoms with Gasteiger partial charge in [0.25, 0.3) is 0 Å². The van der Waals surface area contributed by atoms with Crippen LogP contribution in [-0.2, 0) is 21.4 Å². The van der Waals surface area contributed by atoms with Crippen molar-refractivity contribution in [1.29, 1.82) is 0 Å². The van der Waals surface area contributed by atoms with Gasteiger partial charge in [0, 0.05) is 17.5 Å². The molecule has 0 radical (unpaired) electrons. The van der Waals surface area contributed by atoms with Gasteiger partial charge < -0.3 is 10.1 Å². The van der Waals surface area contributed by atoms with Crippen LogP contribution in [0.2, 0.25) is 0 Å². The number of sulfonamides is 1. The van der Waals surface area contributed by atoms with Crippen LogP contribution in [-0.4, -0.2) is 21.4 Å². The summed E-state index contributed by atoms with van der Waals surface area (Å²) >= 11 is 0. The highest BCUT2D eigenvalue weighted by molar-refractivity contribution is 7.89. The average Bonchev–Trinajstić information content (AvgIpc) is 2.33. The molecule has 0 atom stereocenters. The molecule has 0 aliphatic heterocycles. The zero-order chi connectivity index (χ0) is 15.6. The maximum absolute atomic E-state index is 11.8. The van der Waals surface area contributed by atoms with E-state index in [9.17, 15) is 13.2 Å². The summed E-state index contributed by atoms with van der Waals surface area (Å²) in [7, 11) is -2.31. The van der Waals surface area contributed by atoms with Gasteiger partial charge in [-0.2, -0.15) is 0 Å². The minimum absolute atomic E-state index is 0.0155. The van der Waals surface area contributed by atoms with Gasteiger partial charge in [0.05, 0.1) is 12.0 Å². The number of methoxy groups -OCH3 is 1. The Bertz CT molecular complexity index is 603. The summed E-state index contributed by atoms with van der Waals surface area (Å²) in [5, 5.41) is 7.82. The molecule has 0 unspecified atom stereocenters. The lowest BCUT2D eigenvalue weighted by molar-refractivity contribution is -0.128. The van der Waals surface area contributed by atoms with Crippen molar-refractivity contribution in [2.24, 2.45) is 10.6 Å². The van der Waals surface area contributed by atoms with Crippen LogP contribution in [0.25, 0.3) is 0 Å². The second kappa shape index (κ2) is 5.80. The highest BCUT2D eigenvalue weighted by Gasteiger charge is 2.21. The molecule has 0 aromatic heterocycles. The van der Waals surface area contributed by atoms with E-state index >= 15 is 0 Å². The SMILES string of the molecule is COc1ccc(S(N)(=O)=O)cc1CNC(=O)C(C)(C)C. The fourth-order valence-corrected chi connectivity index (χ4v) is 2.07. The Kier molecular flexibility index (Phi) is 4.77. The zero-order valence-electron chi connectivity index (χ0n) is 12.1. The average molecular weight is 300 g/mol. The predicted molar refractivity (Wildman–Crippen MR) is 75.7 cm³/mol. The third-order valence-electron chi connectivity index (χ3n) is 2.70. The Morgan fingerprint density at radius 3 is 2.40 bits per heavy atom. The summed E-state index contributed by atoms with van der Waals surface area (Å²) in [5.74, 6) is 0.354. The van der Waals surface area contributed by atoms with E-state index in [0.717, 1.165) is 0 Å². The molecule has 3 N–H and O–H groups in total. The summed E-state index contributed by atoms with van der Waals surface area (Å²) in [4.78, 5) is 11.8. The molecule has 1 aromatic carbocycles. The third kappa shape index (κ3) is 4.21. The lowest BCUT2D eigenvalue weighted by Crippen LogP contribution is -2.34. The molecule has 1 amide bonds. The van der Waals surface area contributed by atoms with Gasteiger partial charge in [0.1, 0.15) is 5.75 Å². The van der Waals surface area contributed by atoms with Gasteiger partial charge in [-0.1, -0.05) is 20.8 Å². The molecule has 0 aliphatic carbocycles. The Morgan fingerprint density at radius 2 is 1.95 bits per heavy atom. The van der Waals surface area contributed by atoms with Crippen molar-refractivity contribution in [3.05, 3.63) is 23.8 Å². The first-order chi connectivity index (χ1) is 9.05. The molecule has 0 fully saturated rings. The number of nitrogens with one attached hydrogen (secondary N) is 1. The standard InChI is InChI=1S/C13H20N2O4S/c1-13(2,3)12(16)15-8-9-7-10(20(14,17)18)5-6-11(9)19-4/h5-7H,8H2,1-4H3,(H,15,16)(H2,14,17,18). The lowest BCUT2D eigenvalue weighted by atomic mass is 9.95. The number of ether oxygens (including phenoxy) is 1. The largest absolute Gasteiger partial charge is 0.496 e. The first-order valence-electron chi connectivity index (χ1n) is 6.03. The normalized spacial score (nSPS) is 12.1. The molecule has 0 bridgehead atoms. The monoisotopic (exact) mass is 300 g/mol. The first kappa shape index (κ1) is 16.5. The van der Waals surface area contributed by atoms with Gasteiger partial charge in [-0.3, -0.25) is 4.79 Å². The van der Waals surface area contributed by atoms with Gasteiger partial charge in [-0.25, -0.2) is 13.6 Å². The van der Waals surface area contributed by atoms with Crippen LogP contribution in [0.4, 0.5) is 0 Å². The summed E-state index contributed by atoms with van der Waals surface area (Å²) in [6.07, 6.45) is 0. The minimum atomic E-state index is -3.79. The number of hydrogen-bond donors (Lipinski definition) is 2. The molecular formula is C13H20N2O4S. The molecule has 1 aromatic rings. The van der Waals surface area contributed by atoms with Crippen LogP contribution in [0.15, 0.2) is 23.1 Å². The molecule has 0 heterocycles. The topological polar surface area (TPSA) is 98.5 Å². The van der Waals surface area contributed by atoms with E-state index in [-0.39, 0.29) is 17.3 Å². The number of benzene rings is 1. The second-order valence-corrected chi connectivity index (χ2v) is 7.01. The highest BCUT2D eigenvalue weighted by Crippen LogP contribution is 2.22. The number of rotatable bonds is 4. The molecule has 0 aliphatic rings. The molecule has 112 valence electrons. The van der Waals surface area contributed by atoms with Crippen molar-refractivity contribution in [3.63, 3.8) is 0 Å². The van der Waals surface area contributed by atoms with Crippen molar-refractivity contribution in [2.45, 2.75) is 32.2 Å². The minimum Gasteiger partial charge on any atom is -0.496 e. The number of carbonyl (C=O) groups excluding carboxylic acids is 1. The zero-order valence-corrected chi connectivity index (χ0v) is 12.9. The van der Waals surface area contributed by atoms with Crippen molar-refractivity contribution in [2.75, 3.05) is 7.11 Å². The molecule has 0 saturated carbocycles. The van der Waals surface area contributed by atoms with Crippen LogP contribution in [0.1, 0.15) is 26.3 Å². The van der Waals surface area contributed by atoms with E-state index in [1.807, 2.05) is 0 Å². The molecule has 0 saturated heterocycles. The van der Waals surface area contributed by atoms with Crippen molar-refractivity contribution in [3.8, 4) is 5.75 Å². The summed E-state index contributed by atoms with van der Waals surface area (Å²) in [6, 6.07) is 4.28. The Labute approximate surface area is 119 Å². The van der Waals surface area contributed by atoms with E-state index in [1.165, 1.54) is 25.3 Å². The number of hydrogen-bond acceptors (Lipinski definition) is 4. The van der Waals surface area contributed by atoms with Crippen molar-refractivity contribution >= 4 is 15.9 Å². The van der Waals surface area contributed by atoms with Crippen LogP contribution in [0, 0.1) is 5.41 Å². The second-order valence-electron chi connectivity index (χ2n) is 5.45. The van der Waals surface area contributed by atoms with Crippen molar-refractivity contribution < 1.29 is 17.9 Å². The number of carbonyl (C=O) groups is 1. The lowest BCUT2D eigenvalue weighted by Gasteiger charge is -2.18. The van der Waals surface area contributed by atoms with E-state index in [1.54, 1.807) is 20.8 Å². The van der Waals surface area contributed by atoms with Crippen LogP contribution >= 0.6 is 0 Å². The van der Waals surface area contributed by atoms with Gasteiger partial charge in [-0.05, 0) is 18.2 Å². The molecular weight excluding hydrogens is 280 g/mol. The Hall–Kier alpha value is -1.60. The summed E-state index contributed by atoms with van der Waals surface area (Å²) < 4.78 is 27.8. The number of nitrogens with two attached hydrogens (primary N) is 1. The Morgan fingerprint density at radius 1 is 1.35 bits per heavy atom. The fraction of sp³-hybridized carbons (Fsp3) is 0.462.